The van der Waals surface area contributed by atoms with Crippen LogP contribution in [0.3, 0.4) is 0 Å². The van der Waals surface area contributed by atoms with Crippen LogP contribution in [0.4, 0.5) is 5.69 Å². The summed E-state index contributed by atoms with van der Waals surface area (Å²) in [6, 6.07) is 9.44. The molecule has 0 bridgehead atoms. The highest BCUT2D eigenvalue weighted by atomic mass is 32.2. The molecule has 8 heteroatoms. The maximum absolute atomic E-state index is 9.63. The van der Waals surface area contributed by atoms with E-state index < -0.39 is 6.29 Å². The maximum Gasteiger partial charge on any atom is 0.156 e. The van der Waals surface area contributed by atoms with Gasteiger partial charge in [-0.2, -0.15) is 0 Å². The largest absolute Gasteiger partial charge is 0.456 e. The summed E-state index contributed by atoms with van der Waals surface area (Å²) in [5.41, 5.74) is 8.58. The number of H-pyrrole nitrogens is 1. The number of aliphatic hydroxyl groups excluding tert-OH is 1. The van der Waals surface area contributed by atoms with Gasteiger partial charge in [-0.15, -0.1) is 11.8 Å². The number of aliphatic hydroxyl groups is 1. The Morgan fingerprint density at radius 3 is 3.04 bits per heavy atom. The molecular formula is C19H20N4O3S. The van der Waals surface area contributed by atoms with Gasteiger partial charge in [0.25, 0.3) is 0 Å². The van der Waals surface area contributed by atoms with Crippen LogP contribution in [-0.2, 0) is 4.74 Å². The Balaban J connectivity index is 1.59. The van der Waals surface area contributed by atoms with Crippen molar-refractivity contribution >= 4 is 33.4 Å². The molecule has 1 aromatic carbocycles. The predicted molar refractivity (Wildman–Crippen MR) is 107 cm³/mol. The molecule has 0 fully saturated rings. The number of benzene rings is 1. The van der Waals surface area contributed by atoms with Crippen LogP contribution in [0, 0.1) is 0 Å². The number of methoxy groups -OCH3 is 1. The molecule has 2 aromatic heterocycles. The van der Waals surface area contributed by atoms with Crippen molar-refractivity contribution in [2.24, 2.45) is 4.99 Å². The number of anilines is 1. The van der Waals surface area contributed by atoms with Crippen molar-refractivity contribution in [3.05, 3.63) is 48.4 Å². The summed E-state index contributed by atoms with van der Waals surface area (Å²) in [7, 11) is 1.49. The van der Waals surface area contributed by atoms with Crippen molar-refractivity contribution in [3.8, 4) is 11.5 Å². The van der Waals surface area contributed by atoms with Crippen LogP contribution < -0.4 is 10.5 Å². The maximum atomic E-state index is 9.63. The molecule has 0 radical (unpaired) electrons. The van der Waals surface area contributed by atoms with Crippen LogP contribution >= 0.6 is 11.8 Å². The van der Waals surface area contributed by atoms with Gasteiger partial charge in [0.2, 0.25) is 0 Å². The zero-order valence-corrected chi connectivity index (χ0v) is 15.6. The summed E-state index contributed by atoms with van der Waals surface area (Å²) >= 11 is 1.66. The van der Waals surface area contributed by atoms with E-state index in [-0.39, 0.29) is 6.04 Å². The van der Waals surface area contributed by atoms with Gasteiger partial charge < -0.3 is 25.3 Å². The van der Waals surface area contributed by atoms with E-state index in [4.69, 9.17) is 15.2 Å². The number of nitrogens with zero attached hydrogens (tertiary/aromatic N) is 2. The number of aliphatic imine (C=N–C) groups is 1. The number of pyridine rings is 1. The number of ether oxygens (including phenoxy) is 2. The zero-order chi connectivity index (χ0) is 18.8. The third-order valence-corrected chi connectivity index (χ3v) is 5.44. The Bertz CT molecular complexity index is 974. The summed E-state index contributed by atoms with van der Waals surface area (Å²) in [6.07, 6.45) is 3.05. The molecule has 1 aliphatic rings. The first-order valence-corrected chi connectivity index (χ1v) is 9.53. The Morgan fingerprint density at radius 1 is 1.37 bits per heavy atom. The second-order valence-electron chi connectivity index (χ2n) is 6.28. The number of fused-ring (bicyclic) bond motifs is 1. The number of nitrogens with one attached hydrogen (secondary N) is 1. The smallest absolute Gasteiger partial charge is 0.156 e. The first kappa shape index (κ1) is 17.8. The lowest BCUT2D eigenvalue weighted by atomic mass is 10.2. The Morgan fingerprint density at radius 2 is 2.26 bits per heavy atom. The van der Waals surface area contributed by atoms with Crippen LogP contribution in [0.1, 0.15) is 12.1 Å². The van der Waals surface area contributed by atoms with Gasteiger partial charge in [-0.05, 0) is 24.3 Å². The van der Waals surface area contributed by atoms with Crippen molar-refractivity contribution in [2.45, 2.75) is 18.8 Å². The lowest BCUT2D eigenvalue weighted by Gasteiger charge is -2.10. The summed E-state index contributed by atoms with van der Waals surface area (Å²) in [6.45, 7) is 0. The van der Waals surface area contributed by atoms with Gasteiger partial charge >= 0.3 is 0 Å². The number of aromatic nitrogens is 2. The average molecular weight is 384 g/mol. The van der Waals surface area contributed by atoms with Crippen molar-refractivity contribution < 1.29 is 14.6 Å². The fraction of sp³-hybridized carbons (Fsp3) is 0.263. The van der Waals surface area contributed by atoms with Gasteiger partial charge in [-0.3, -0.25) is 9.98 Å². The van der Waals surface area contributed by atoms with Gasteiger partial charge in [0.05, 0.1) is 29.1 Å². The quantitative estimate of drug-likeness (QED) is 0.445. The second kappa shape index (κ2) is 7.59. The number of aromatic amines is 1. The molecule has 4 rings (SSSR count). The number of nitrogens with two attached hydrogens (primary N) is 1. The molecule has 0 spiro atoms. The molecule has 2 atom stereocenters. The molecule has 0 saturated carbocycles. The topological polar surface area (TPSA) is 106 Å². The first-order valence-electron chi connectivity index (χ1n) is 8.54. The van der Waals surface area contributed by atoms with E-state index in [0.29, 0.717) is 23.6 Å². The van der Waals surface area contributed by atoms with E-state index in [1.165, 1.54) is 7.11 Å². The minimum absolute atomic E-state index is 0.0354. The Labute approximate surface area is 160 Å². The molecule has 4 N–H and O–H groups in total. The number of hydrogen-bond acceptors (Lipinski definition) is 7. The third-order valence-electron chi connectivity index (χ3n) is 4.29. The average Bonchev–Trinajstić information content (AvgIpc) is 3.29. The van der Waals surface area contributed by atoms with Gasteiger partial charge in [0.1, 0.15) is 16.5 Å². The van der Waals surface area contributed by atoms with E-state index in [0.717, 1.165) is 27.4 Å². The minimum atomic E-state index is -0.788. The molecule has 0 saturated heterocycles. The van der Waals surface area contributed by atoms with Gasteiger partial charge in [-0.1, -0.05) is 0 Å². The molecule has 1 unspecified atom stereocenters. The summed E-state index contributed by atoms with van der Waals surface area (Å²) in [5.74, 6) is 2.12. The molecule has 1 aliphatic heterocycles. The van der Waals surface area contributed by atoms with Crippen LogP contribution in [0.25, 0.3) is 10.9 Å². The number of nitrogen functional groups attached to an aromatic ring is 1. The van der Waals surface area contributed by atoms with Crippen LogP contribution in [0.2, 0.25) is 0 Å². The highest BCUT2D eigenvalue weighted by Gasteiger charge is 2.23. The van der Waals surface area contributed by atoms with E-state index in [9.17, 15) is 5.11 Å². The number of hydrogen-bond donors (Lipinski definition) is 3. The first-order chi connectivity index (χ1) is 13.1. The monoisotopic (exact) mass is 384 g/mol. The fourth-order valence-electron chi connectivity index (χ4n) is 2.97. The lowest BCUT2D eigenvalue weighted by Crippen LogP contribution is -2.17. The fourth-order valence-corrected chi connectivity index (χ4v) is 4.02. The SMILES string of the molecule is COC(O)C[C@@H]1CSC(c2cc3cc(Oc4cccnc4)cc(N)c3[nH]2)=N1. The highest BCUT2D eigenvalue weighted by molar-refractivity contribution is 8.14. The molecule has 3 heterocycles. The standard InChI is InChI=1S/C19H20N4O3S/c1-25-17(24)7-12-10-27-19(22-12)16-6-11-5-14(8-15(20)18(11)23-16)26-13-3-2-4-21-9-13/h2-6,8-9,12,17,23-24H,7,10,20H2,1H3/t12-,17?/m1/s1. The van der Waals surface area contributed by atoms with Crippen LogP contribution in [-0.4, -0.2) is 45.3 Å². The van der Waals surface area contributed by atoms with Crippen LogP contribution in [0.15, 0.2) is 47.7 Å². The zero-order valence-electron chi connectivity index (χ0n) is 14.8. The molecular weight excluding hydrogens is 364 g/mol. The molecule has 0 aliphatic carbocycles. The van der Waals surface area contributed by atoms with Crippen molar-refractivity contribution in [3.63, 3.8) is 0 Å². The van der Waals surface area contributed by atoms with Gasteiger partial charge in [0.15, 0.2) is 6.29 Å². The van der Waals surface area contributed by atoms with E-state index in [1.807, 2.05) is 24.3 Å². The summed E-state index contributed by atoms with van der Waals surface area (Å²) in [5, 5.41) is 11.5. The van der Waals surface area contributed by atoms with E-state index in [1.54, 1.807) is 30.2 Å². The normalized spacial score (nSPS) is 17.9. The summed E-state index contributed by atoms with van der Waals surface area (Å²) < 4.78 is 10.8. The van der Waals surface area contributed by atoms with Gasteiger partial charge in [0, 0.05) is 36.9 Å². The molecule has 140 valence electrons. The lowest BCUT2D eigenvalue weighted by molar-refractivity contribution is -0.0802. The molecule has 0 amide bonds. The van der Waals surface area contributed by atoms with E-state index >= 15 is 0 Å². The molecule has 7 nitrogen and oxygen atoms in total. The van der Waals surface area contributed by atoms with Gasteiger partial charge in [-0.25, -0.2) is 0 Å². The third kappa shape index (κ3) is 3.92. The molecule has 27 heavy (non-hydrogen) atoms. The number of rotatable bonds is 6. The van der Waals surface area contributed by atoms with Crippen molar-refractivity contribution in [2.75, 3.05) is 18.6 Å². The minimum Gasteiger partial charge on any atom is -0.456 e. The van der Waals surface area contributed by atoms with Crippen molar-refractivity contribution in [1.82, 2.24) is 9.97 Å². The second-order valence-corrected chi connectivity index (χ2v) is 7.28. The van der Waals surface area contributed by atoms with Crippen LogP contribution in [0.5, 0.6) is 11.5 Å². The Kier molecular flexibility index (Phi) is 5.02. The van der Waals surface area contributed by atoms with Crippen molar-refractivity contribution in [1.29, 1.82) is 0 Å². The Hall–Kier alpha value is -2.55. The summed E-state index contributed by atoms with van der Waals surface area (Å²) in [4.78, 5) is 12.1. The highest BCUT2D eigenvalue weighted by Crippen LogP contribution is 2.33. The number of thioether (sulfide) groups is 1. The predicted octanol–water partition coefficient (Wildman–Crippen LogP) is 3.15. The molecule has 3 aromatic rings. The van der Waals surface area contributed by atoms with E-state index in [2.05, 4.69) is 15.0 Å².